The topological polar surface area (TPSA) is 55.1 Å². The number of primary amides is 1. The summed E-state index contributed by atoms with van der Waals surface area (Å²) in [4.78, 5) is 11.1. The highest BCUT2D eigenvalue weighted by atomic mass is 16.1. The number of piperidine rings is 1. The van der Waals surface area contributed by atoms with E-state index in [0.717, 1.165) is 25.3 Å². The second kappa shape index (κ2) is 3.05. The maximum Gasteiger partial charge on any atom is 0.222 e. The first-order valence-electron chi connectivity index (χ1n) is 4.82. The van der Waals surface area contributed by atoms with Crippen LogP contribution in [0.5, 0.6) is 0 Å². The molecule has 3 N–H and O–H groups in total. The van der Waals surface area contributed by atoms with Crippen molar-refractivity contribution in [3.63, 3.8) is 0 Å². The predicted molar refractivity (Wildman–Crippen MR) is 46.4 cm³/mol. The van der Waals surface area contributed by atoms with Gasteiger partial charge in [-0.15, -0.1) is 0 Å². The Morgan fingerprint density at radius 1 is 1.33 bits per heavy atom. The third kappa shape index (κ3) is 1.46. The first-order valence-corrected chi connectivity index (χ1v) is 4.82. The van der Waals surface area contributed by atoms with Gasteiger partial charge in [0.2, 0.25) is 5.91 Å². The standard InChI is InChI=1S/C9H16N2O/c10-9(12)7-2-1-5-11-8(7)6-3-4-6/h6-8,11H,1-5H2,(H2,10,12)/t7-,8+/m0/s1. The van der Waals surface area contributed by atoms with Crippen molar-refractivity contribution in [1.29, 1.82) is 0 Å². The number of nitrogens with one attached hydrogen (secondary N) is 1. The van der Waals surface area contributed by atoms with Crippen LogP contribution in [0.25, 0.3) is 0 Å². The van der Waals surface area contributed by atoms with E-state index in [2.05, 4.69) is 5.32 Å². The molecule has 2 fully saturated rings. The van der Waals surface area contributed by atoms with Crippen LogP contribution in [-0.4, -0.2) is 18.5 Å². The minimum Gasteiger partial charge on any atom is -0.369 e. The van der Waals surface area contributed by atoms with Crippen molar-refractivity contribution in [2.75, 3.05) is 6.54 Å². The van der Waals surface area contributed by atoms with Crippen LogP contribution >= 0.6 is 0 Å². The fourth-order valence-corrected chi connectivity index (χ4v) is 2.18. The van der Waals surface area contributed by atoms with Gasteiger partial charge < -0.3 is 11.1 Å². The SMILES string of the molecule is NC(=O)[C@H]1CCCN[C@@H]1C1CC1. The molecule has 1 heterocycles. The summed E-state index contributed by atoms with van der Waals surface area (Å²) in [5.41, 5.74) is 5.34. The van der Waals surface area contributed by atoms with Gasteiger partial charge in [0.1, 0.15) is 0 Å². The van der Waals surface area contributed by atoms with Crippen molar-refractivity contribution in [2.24, 2.45) is 17.6 Å². The first-order chi connectivity index (χ1) is 5.79. The smallest absolute Gasteiger partial charge is 0.222 e. The van der Waals surface area contributed by atoms with E-state index >= 15 is 0 Å². The monoisotopic (exact) mass is 168 g/mol. The van der Waals surface area contributed by atoms with Gasteiger partial charge >= 0.3 is 0 Å². The van der Waals surface area contributed by atoms with Gasteiger partial charge in [-0.2, -0.15) is 0 Å². The molecule has 12 heavy (non-hydrogen) atoms. The minimum absolute atomic E-state index is 0.103. The molecular weight excluding hydrogens is 152 g/mol. The number of rotatable bonds is 2. The van der Waals surface area contributed by atoms with Gasteiger partial charge in [-0.05, 0) is 38.1 Å². The van der Waals surface area contributed by atoms with Gasteiger partial charge in [-0.25, -0.2) is 0 Å². The molecule has 3 nitrogen and oxygen atoms in total. The summed E-state index contributed by atoms with van der Waals surface area (Å²) in [7, 11) is 0. The highest BCUT2D eigenvalue weighted by Gasteiger charge is 2.39. The maximum atomic E-state index is 11.1. The number of nitrogens with two attached hydrogens (primary N) is 1. The first kappa shape index (κ1) is 8.05. The molecule has 0 aromatic heterocycles. The van der Waals surface area contributed by atoms with Crippen molar-refractivity contribution in [3.05, 3.63) is 0 Å². The molecule has 1 saturated heterocycles. The Balaban J connectivity index is 2.00. The van der Waals surface area contributed by atoms with E-state index < -0.39 is 0 Å². The van der Waals surface area contributed by atoms with E-state index in [9.17, 15) is 4.79 Å². The average molecular weight is 168 g/mol. The molecule has 3 heteroatoms. The quantitative estimate of drug-likeness (QED) is 0.621. The Hall–Kier alpha value is -0.570. The largest absolute Gasteiger partial charge is 0.369 e. The minimum atomic E-state index is -0.112. The van der Waals surface area contributed by atoms with Gasteiger partial charge in [-0.1, -0.05) is 0 Å². The summed E-state index contributed by atoms with van der Waals surface area (Å²) in [6.07, 6.45) is 4.64. The number of hydrogen-bond donors (Lipinski definition) is 2. The van der Waals surface area contributed by atoms with Crippen molar-refractivity contribution in [3.8, 4) is 0 Å². The molecule has 0 spiro atoms. The summed E-state index contributed by atoms with van der Waals surface area (Å²) in [6.45, 7) is 1.06. The maximum absolute atomic E-state index is 11.1. The van der Waals surface area contributed by atoms with Gasteiger partial charge in [0, 0.05) is 6.04 Å². The molecule has 1 saturated carbocycles. The second-order valence-corrected chi connectivity index (χ2v) is 3.97. The van der Waals surface area contributed by atoms with Crippen molar-refractivity contribution in [2.45, 2.75) is 31.7 Å². The number of carbonyl (C=O) groups is 1. The molecule has 68 valence electrons. The molecule has 0 unspecified atom stereocenters. The fraction of sp³-hybridized carbons (Fsp3) is 0.889. The zero-order valence-corrected chi connectivity index (χ0v) is 7.25. The Kier molecular flexibility index (Phi) is 2.05. The summed E-state index contributed by atoms with van der Waals surface area (Å²) in [5, 5.41) is 3.41. The molecular formula is C9H16N2O. The zero-order valence-electron chi connectivity index (χ0n) is 7.25. The summed E-state index contributed by atoms with van der Waals surface area (Å²) < 4.78 is 0. The molecule has 1 amide bonds. The lowest BCUT2D eigenvalue weighted by molar-refractivity contribution is -0.123. The predicted octanol–water partition coefficient (Wildman–Crippen LogP) is 0.250. The van der Waals surface area contributed by atoms with Crippen molar-refractivity contribution >= 4 is 5.91 Å². The summed E-state index contributed by atoms with van der Waals surface area (Å²) in [5.74, 6) is 0.730. The van der Waals surface area contributed by atoms with Crippen LogP contribution in [-0.2, 0) is 4.79 Å². The fourth-order valence-electron chi connectivity index (χ4n) is 2.18. The zero-order chi connectivity index (χ0) is 8.55. The van der Waals surface area contributed by atoms with Gasteiger partial charge in [0.25, 0.3) is 0 Å². The Bertz CT molecular complexity index is 189. The Morgan fingerprint density at radius 3 is 2.67 bits per heavy atom. The van der Waals surface area contributed by atoms with Gasteiger partial charge in [0.05, 0.1) is 5.92 Å². The van der Waals surface area contributed by atoms with E-state index in [1.165, 1.54) is 12.8 Å². The molecule has 1 aliphatic heterocycles. The van der Waals surface area contributed by atoms with E-state index in [1.54, 1.807) is 0 Å². The normalized spacial score (nSPS) is 36.3. The lowest BCUT2D eigenvalue weighted by Gasteiger charge is -2.30. The van der Waals surface area contributed by atoms with Gasteiger partial charge in [-0.3, -0.25) is 4.79 Å². The van der Waals surface area contributed by atoms with Crippen LogP contribution in [0.1, 0.15) is 25.7 Å². The molecule has 0 aromatic rings. The van der Waals surface area contributed by atoms with Crippen LogP contribution in [0.15, 0.2) is 0 Å². The summed E-state index contributed by atoms with van der Waals surface area (Å²) in [6, 6.07) is 0.399. The number of hydrogen-bond acceptors (Lipinski definition) is 2. The van der Waals surface area contributed by atoms with E-state index in [4.69, 9.17) is 5.73 Å². The Morgan fingerprint density at radius 2 is 2.08 bits per heavy atom. The average Bonchev–Trinajstić information content (AvgIpc) is 2.87. The Labute approximate surface area is 72.7 Å². The molecule has 1 aliphatic carbocycles. The highest BCUT2D eigenvalue weighted by molar-refractivity contribution is 5.77. The molecule has 0 aromatic carbocycles. The molecule has 2 aliphatic rings. The van der Waals surface area contributed by atoms with Crippen molar-refractivity contribution < 1.29 is 4.79 Å². The molecule has 2 rings (SSSR count). The summed E-state index contributed by atoms with van der Waals surface area (Å²) >= 11 is 0. The lowest BCUT2D eigenvalue weighted by Crippen LogP contribution is -2.48. The third-order valence-corrected chi connectivity index (χ3v) is 3.00. The van der Waals surface area contributed by atoms with Crippen LogP contribution < -0.4 is 11.1 Å². The van der Waals surface area contributed by atoms with E-state index in [0.29, 0.717) is 6.04 Å². The van der Waals surface area contributed by atoms with Crippen molar-refractivity contribution in [1.82, 2.24) is 5.32 Å². The van der Waals surface area contributed by atoms with Gasteiger partial charge in [0.15, 0.2) is 0 Å². The van der Waals surface area contributed by atoms with Crippen LogP contribution in [0.4, 0.5) is 0 Å². The molecule has 0 radical (unpaired) electrons. The van der Waals surface area contributed by atoms with Crippen LogP contribution in [0.2, 0.25) is 0 Å². The van der Waals surface area contributed by atoms with E-state index in [1.807, 2.05) is 0 Å². The molecule has 2 atom stereocenters. The second-order valence-electron chi connectivity index (χ2n) is 3.97. The highest BCUT2D eigenvalue weighted by Crippen LogP contribution is 2.38. The lowest BCUT2D eigenvalue weighted by atomic mass is 9.87. The molecule has 0 bridgehead atoms. The number of amides is 1. The van der Waals surface area contributed by atoms with Crippen LogP contribution in [0.3, 0.4) is 0 Å². The number of carbonyl (C=O) groups excluding carboxylic acids is 1. The van der Waals surface area contributed by atoms with E-state index in [-0.39, 0.29) is 11.8 Å². The third-order valence-electron chi connectivity index (χ3n) is 3.00. The van der Waals surface area contributed by atoms with Crippen LogP contribution in [0, 0.1) is 11.8 Å².